The molecule has 1 aliphatic heterocycles. The Morgan fingerprint density at radius 1 is 1.15 bits per heavy atom. The first kappa shape index (κ1) is 20.2. The lowest BCUT2D eigenvalue weighted by molar-refractivity contribution is -0.930. The van der Waals surface area contributed by atoms with Crippen molar-refractivity contribution in [2.75, 3.05) is 33.9 Å². The molecule has 5 nitrogen and oxygen atoms in total. The summed E-state index contributed by atoms with van der Waals surface area (Å²) in [5, 5.41) is 10.9. The van der Waals surface area contributed by atoms with Crippen molar-refractivity contribution < 1.29 is 19.1 Å². The first-order valence-corrected chi connectivity index (χ1v) is 10.3. The number of ether oxygens (including phenoxy) is 1. The molecule has 2 aliphatic rings. The molecule has 0 radical (unpaired) electrons. The maximum Gasteiger partial charge on any atom is 0.254 e. The summed E-state index contributed by atoms with van der Waals surface area (Å²) in [7, 11) is 4.39. The largest absolute Gasteiger partial charge is 0.445 e. The Kier molecular flexibility index (Phi) is 6.11. The molecule has 1 amide bonds. The van der Waals surface area contributed by atoms with E-state index in [-0.39, 0.29) is 11.8 Å². The Balaban J connectivity index is 1.52. The third kappa shape index (κ3) is 4.64. The Morgan fingerprint density at radius 2 is 1.74 bits per heavy atom. The van der Waals surface area contributed by atoms with E-state index in [2.05, 4.69) is 14.1 Å². The number of quaternary nitrogens is 1. The zero-order chi connectivity index (χ0) is 19.5. The van der Waals surface area contributed by atoms with Crippen LogP contribution in [0, 0.1) is 5.92 Å². The second-order valence-electron chi connectivity index (χ2n) is 9.02. The fourth-order valence-electron chi connectivity index (χ4n) is 4.61. The summed E-state index contributed by atoms with van der Waals surface area (Å²) in [5.74, 6) is 0.942. The molecule has 3 rings (SSSR count). The van der Waals surface area contributed by atoms with E-state index in [1.165, 1.54) is 0 Å². The first-order valence-electron chi connectivity index (χ1n) is 10.3. The second-order valence-corrected chi connectivity index (χ2v) is 9.02. The third-order valence-corrected chi connectivity index (χ3v) is 6.63. The van der Waals surface area contributed by atoms with Crippen LogP contribution in [0.4, 0.5) is 0 Å². The molecule has 1 atom stereocenters. The van der Waals surface area contributed by atoms with Crippen molar-refractivity contribution in [1.29, 1.82) is 0 Å². The average Bonchev–Trinajstić information content (AvgIpc) is 3.22. The summed E-state index contributed by atoms with van der Waals surface area (Å²) in [6.07, 6.45) is 6.08. The van der Waals surface area contributed by atoms with Gasteiger partial charge in [0.05, 0.1) is 20.1 Å². The number of carbonyl (C=O) groups excluding carboxylic acids is 1. The topological polar surface area (TPSA) is 49.8 Å². The zero-order valence-electron chi connectivity index (χ0n) is 17.1. The maximum absolute atomic E-state index is 12.9. The predicted molar refractivity (Wildman–Crippen MR) is 106 cm³/mol. The monoisotopic (exact) mass is 375 g/mol. The van der Waals surface area contributed by atoms with Crippen LogP contribution in [0.25, 0.3) is 0 Å². The molecule has 1 saturated carbocycles. The third-order valence-electron chi connectivity index (χ3n) is 6.63. The number of hydrogen-bond donors (Lipinski definition) is 1. The highest BCUT2D eigenvalue weighted by molar-refractivity contribution is 5.85. The summed E-state index contributed by atoms with van der Waals surface area (Å²) in [4.78, 5) is 14.8. The van der Waals surface area contributed by atoms with Gasteiger partial charge in [0.1, 0.15) is 11.4 Å². The van der Waals surface area contributed by atoms with Gasteiger partial charge in [-0.25, -0.2) is 0 Å². The van der Waals surface area contributed by atoms with E-state index in [4.69, 9.17) is 4.74 Å². The normalized spacial score (nSPS) is 21.9. The van der Waals surface area contributed by atoms with Gasteiger partial charge >= 0.3 is 0 Å². The number of amides is 1. The highest BCUT2D eigenvalue weighted by Crippen LogP contribution is 2.35. The van der Waals surface area contributed by atoms with Crippen molar-refractivity contribution >= 4 is 5.91 Å². The van der Waals surface area contributed by atoms with E-state index in [0.29, 0.717) is 12.8 Å². The Morgan fingerprint density at radius 3 is 2.33 bits per heavy atom. The molecule has 1 aliphatic carbocycles. The number of likely N-dealkylation sites (tertiary alicyclic amines) is 1. The average molecular weight is 376 g/mol. The molecule has 1 heterocycles. The lowest BCUT2D eigenvalue weighted by atomic mass is 9.85. The van der Waals surface area contributed by atoms with Crippen LogP contribution in [-0.2, 0) is 4.79 Å². The van der Waals surface area contributed by atoms with Crippen LogP contribution in [0.3, 0.4) is 0 Å². The number of hydrogen-bond acceptors (Lipinski definition) is 3. The van der Waals surface area contributed by atoms with E-state index < -0.39 is 5.60 Å². The molecular weight excluding hydrogens is 340 g/mol. The van der Waals surface area contributed by atoms with Crippen LogP contribution < -0.4 is 4.74 Å². The first-order chi connectivity index (χ1) is 12.8. The minimum absolute atomic E-state index is 0.0707. The lowest BCUT2D eigenvalue weighted by Gasteiger charge is -2.43. The number of benzene rings is 1. The zero-order valence-corrected chi connectivity index (χ0v) is 17.1. The molecule has 2 fully saturated rings. The van der Waals surface area contributed by atoms with Gasteiger partial charge in [-0.1, -0.05) is 31.0 Å². The number of aliphatic hydroxyl groups is 1. The van der Waals surface area contributed by atoms with Crippen LogP contribution in [0.5, 0.6) is 5.75 Å². The standard InChI is InChI=1S/C22H35N2O3/c1-22(26,18-9-7-8-10-18)21(25)23-15-13-19(14-16-23)24(2,3)17-27-20-11-5-4-6-12-20/h4-6,11-12,18-19,26H,7-10,13-17H2,1-3H3/q+1. The molecule has 150 valence electrons. The number of para-hydroxylation sites is 1. The molecule has 0 spiro atoms. The molecular formula is C22H35N2O3+. The quantitative estimate of drug-likeness (QED) is 0.614. The maximum atomic E-state index is 12.9. The molecule has 1 saturated heterocycles. The molecule has 1 N–H and O–H groups in total. The van der Waals surface area contributed by atoms with Crippen molar-refractivity contribution in [2.45, 2.75) is 57.1 Å². The van der Waals surface area contributed by atoms with E-state index in [1.54, 1.807) is 6.92 Å². The SMILES string of the molecule is CC(O)(C(=O)N1CCC([N+](C)(C)COc2ccccc2)CC1)C1CCCC1. The Hall–Kier alpha value is -1.59. The molecule has 1 unspecified atom stereocenters. The van der Waals surface area contributed by atoms with E-state index in [0.717, 1.165) is 61.8 Å². The van der Waals surface area contributed by atoms with Gasteiger partial charge < -0.3 is 14.7 Å². The Labute approximate surface area is 163 Å². The molecule has 5 heteroatoms. The molecule has 1 aromatic carbocycles. The fraction of sp³-hybridized carbons (Fsp3) is 0.682. The minimum atomic E-state index is -1.20. The Bertz CT molecular complexity index is 616. The van der Waals surface area contributed by atoms with E-state index in [1.807, 2.05) is 35.2 Å². The molecule has 0 bridgehead atoms. The number of piperidine rings is 1. The molecule has 0 aromatic heterocycles. The van der Waals surface area contributed by atoms with Gasteiger partial charge in [-0.15, -0.1) is 0 Å². The highest BCUT2D eigenvalue weighted by Gasteiger charge is 2.44. The van der Waals surface area contributed by atoms with Gasteiger partial charge in [0.2, 0.25) is 6.73 Å². The van der Waals surface area contributed by atoms with E-state index in [9.17, 15) is 9.90 Å². The lowest BCUT2D eigenvalue weighted by Crippen LogP contribution is -2.58. The second kappa shape index (κ2) is 8.19. The van der Waals surface area contributed by atoms with Gasteiger partial charge in [0.25, 0.3) is 5.91 Å². The van der Waals surface area contributed by atoms with Crippen LogP contribution in [-0.4, -0.2) is 66.0 Å². The van der Waals surface area contributed by atoms with E-state index >= 15 is 0 Å². The van der Waals surface area contributed by atoms with Gasteiger partial charge in [-0.3, -0.25) is 9.28 Å². The van der Waals surface area contributed by atoms with Crippen molar-refractivity contribution in [3.63, 3.8) is 0 Å². The summed E-state index contributed by atoms with van der Waals surface area (Å²) in [6, 6.07) is 10.4. The summed E-state index contributed by atoms with van der Waals surface area (Å²) in [5.41, 5.74) is -1.20. The number of carbonyl (C=O) groups is 1. The van der Waals surface area contributed by atoms with Crippen LogP contribution in [0.15, 0.2) is 30.3 Å². The minimum Gasteiger partial charge on any atom is -0.445 e. The van der Waals surface area contributed by atoms with Crippen molar-refractivity contribution in [2.24, 2.45) is 5.92 Å². The number of nitrogens with zero attached hydrogens (tertiary/aromatic N) is 2. The summed E-state index contributed by atoms with van der Waals surface area (Å²) < 4.78 is 6.75. The fourth-order valence-corrected chi connectivity index (χ4v) is 4.61. The van der Waals surface area contributed by atoms with Crippen LogP contribution >= 0.6 is 0 Å². The van der Waals surface area contributed by atoms with Crippen molar-refractivity contribution in [3.8, 4) is 5.75 Å². The predicted octanol–water partition coefficient (Wildman–Crippen LogP) is 3.03. The van der Waals surface area contributed by atoms with Crippen molar-refractivity contribution in [1.82, 2.24) is 4.90 Å². The van der Waals surface area contributed by atoms with Crippen LogP contribution in [0.1, 0.15) is 45.4 Å². The summed E-state index contributed by atoms with van der Waals surface area (Å²) >= 11 is 0. The smallest absolute Gasteiger partial charge is 0.254 e. The van der Waals surface area contributed by atoms with Gasteiger partial charge in [0.15, 0.2) is 0 Å². The summed E-state index contributed by atoms with van der Waals surface area (Å²) in [6.45, 7) is 3.78. The van der Waals surface area contributed by atoms with Crippen molar-refractivity contribution in [3.05, 3.63) is 30.3 Å². The molecule has 27 heavy (non-hydrogen) atoms. The van der Waals surface area contributed by atoms with Crippen LogP contribution in [0.2, 0.25) is 0 Å². The van der Waals surface area contributed by atoms with Gasteiger partial charge in [0, 0.05) is 25.9 Å². The van der Waals surface area contributed by atoms with Gasteiger partial charge in [-0.05, 0) is 37.8 Å². The number of rotatable bonds is 6. The highest BCUT2D eigenvalue weighted by atomic mass is 16.5. The van der Waals surface area contributed by atoms with Gasteiger partial charge in [-0.2, -0.15) is 0 Å². The molecule has 1 aromatic rings.